The summed E-state index contributed by atoms with van der Waals surface area (Å²) in [7, 11) is 0. The fourth-order valence-corrected chi connectivity index (χ4v) is 1.25. The molecule has 0 aliphatic heterocycles. The van der Waals surface area contributed by atoms with Crippen LogP contribution in [0.2, 0.25) is 0 Å². The fraction of sp³-hybridized carbons (Fsp3) is 0.364. The lowest BCUT2D eigenvalue weighted by molar-refractivity contribution is -0.122. The summed E-state index contributed by atoms with van der Waals surface area (Å²) in [6.45, 7) is 4.11. The number of thiocarbonyl (C=S) groups is 1. The van der Waals surface area contributed by atoms with Gasteiger partial charge in [0.1, 0.15) is 0 Å². The van der Waals surface area contributed by atoms with E-state index in [4.69, 9.17) is 18.0 Å². The van der Waals surface area contributed by atoms with Crippen molar-refractivity contribution in [3.8, 4) is 0 Å². The van der Waals surface area contributed by atoms with Crippen LogP contribution in [0, 0.1) is 12.8 Å². The van der Waals surface area contributed by atoms with Crippen molar-refractivity contribution in [1.29, 1.82) is 0 Å². The molecule has 0 saturated heterocycles. The first kappa shape index (κ1) is 12.6. The molecule has 0 saturated carbocycles. The second-order valence-electron chi connectivity index (χ2n) is 3.64. The zero-order valence-electron chi connectivity index (χ0n) is 9.36. The molecule has 1 atom stereocenters. The maximum atomic E-state index is 11.6. The van der Waals surface area contributed by atoms with E-state index in [-0.39, 0.29) is 10.9 Å². The summed E-state index contributed by atoms with van der Waals surface area (Å²) < 4.78 is 0. The molecule has 4 nitrogen and oxygen atoms in total. The Kier molecular flexibility index (Phi) is 4.37. The molecule has 0 aliphatic rings. The summed E-state index contributed by atoms with van der Waals surface area (Å²) >= 11 is 4.76. The minimum absolute atomic E-state index is 0.157. The van der Waals surface area contributed by atoms with Gasteiger partial charge < -0.3 is 11.1 Å². The summed E-state index contributed by atoms with van der Waals surface area (Å²) in [5.74, 6) is -0.595. The number of pyridine rings is 1. The van der Waals surface area contributed by atoms with Crippen LogP contribution < -0.4 is 11.1 Å². The van der Waals surface area contributed by atoms with E-state index < -0.39 is 5.92 Å². The first-order chi connectivity index (χ1) is 7.52. The van der Waals surface area contributed by atoms with Crippen molar-refractivity contribution < 1.29 is 4.79 Å². The van der Waals surface area contributed by atoms with Crippen molar-refractivity contribution in [2.24, 2.45) is 11.7 Å². The molecule has 0 aliphatic carbocycles. The lowest BCUT2D eigenvalue weighted by Crippen LogP contribution is -2.35. The van der Waals surface area contributed by atoms with Crippen LogP contribution in [-0.2, 0) is 11.3 Å². The first-order valence-corrected chi connectivity index (χ1v) is 5.39. The molecule has 0 fully saturated rings. The number of hydrogen-bond acceptors (Lipinski definition) is 3. The van der Waals surface area contributed by atoms with Gasteiger partial charge in [0.25, 0.3) is 0 Å². The van der Waals surface area contributed by atoms with Crippen molar-refractivity contribution in [1.82, 2.24) is 10.3 Å². The van der Waals surface area contributed by atoms with Crippen molar-refractivity contribution in [2.45, 2.75) is 20.4 Å². The quantitative estimate of drug-likeness (QED) is 0.764. The lowest BCUT2D eigenvalue weighted by Gasteiger charge is -2.11. The van der Waals surface area contributed by atoms with E-state index in [0.717, 1.165) is 11.1 Å². The maximum absolute atomic E-state index is 11.6. The van der Waals surface area contributed by atoms with Gasteiger partial charge in [-0.25, -0.2) is 0 Å². The van der Waals surface area contributed by atoms with Crippen molar-refractivity contribution in [3.05, 3.63) is 29.6 Å². The van der Waals surface area contributed by atoms with Crippen molar-refractivity contribution in [3.63, 3.8) is 0 Å². The van der Waals surface area contributed by atoms with Crippen LogP contribution in [0.4, 0.5) is 0 Å². The van der Waals surface area contributed by atoms with Gasteiger partial charge in [0, 0.05) is 18.9 Å². The highest BCUT2D eigenvalue weighted by atomic mass is 32.1. The van der Waals surface area contributed by atoms with Crippen LogP contribution in [0.5, 0.6) is 0 Å². The van der Waals surface area contributed by atoms with E-state index in [1.165, 1.54) is 0 Å². The highest BCUT2D eigenvalue weighted by Crippen LogP contribution is 2.04. The second-order valence-corrected chi connectivity index (χ2v) is 4.12. The molecule has 0 aromatic carbocycles. The van der Waals surface area contributed by atoms with E-state index in [2.05, 4.69) is 10.3 Å². The molecule has 16 heavy (non-hydrogen) atoms. The summed E-state index contributed by atoms with van der Waals surface area (Å²) in [6.07, 6.45) is 3.46. The predicted octanol–water partition coefficient (Wildman–Crippen LogP) is 0.928. The van der Waals surface area contributed by atoms with Crippen LogP contribution in [0.1, 0.15) is 18.1 Å². The van der Waals surface area contributed by atoms with E-state index in [0.29, 0.717) is 6.54 Å². The molecule has 1 unspecified atom stereocenters. The molecule has 0 bridgehead atoms. The Morgan fingerprint density at radius 2 is 2.38 bits per heavy atom. The number of amides is 1. The molecule has 0 radical (unpaired) electrons. The van der Waals surface area contributed by atoms with Crippen LogP contribution in [0.25, 0.3) is 0 Å². The second kappa shape index (κ2) is 5.55. The minimum atomic E-state index is -0.438. The highest BCUT2D eigenvalue weighted by molar-refractivity contribution is 7.80. The first-order valence-electron chi connectivity index (χ1n) is 4.99. The maximum Gasteiger partial charge on any atom is 0.229 e. The molecular weight excluding hydrogens is 222 g/mol. The Morgan fingerprint density at radius 3 is 2.94 bits per heavy atom. The number of hydrogen-bond donors (Lipinski definition) is 2. The predicted molar refractivity (Wildman–Crippen MR) is 66.8 cm³/mol. The molecule has 1 aromatic heterocycles. The molecular formula is C11H15N3OS. The van der Waals surface area contributed by atoms with Gasteiger partial charge in [-0.2, -0.15) is 0 Å². The van der Waals surface area contributed by atoms with Crippen LogP contribution in [0.15, 0.2) is 18.5 Å². The van der Waals surface area contributed by atoms with Crippen molar-refractivity contribution >= 4 is 23.1 Å². The Bertz CT molecular complexity index is 406. The average molecular weight is 237 g/mol. The van der Waals surface area contributed by atoms with Crippen LogP contribution in [-0.4, -0.2) is 15.9 Å². The van der Waals surface area contributed by atoms with Gasteiger partial charge in [0.2, 0.25) is 5.91 Å². The smallest absolute Gasteiger partial charge is 0.229 e. The van der Waals surface area contributed by atoms with E-state index in [9.17, 15) is 4.79 Å². The Morgan fingerprint density at radius 1 is 1.69 bits per heavy atom. The van der Waals surface area contributed by atoms with E-state index >= 15 is 0 Å². The molecule has 1 amide bonds. The molecule has 0 spiro atoms. The van der Waals surface area contributed by atoms with E-state index in [1.807, 2.05) is 13.0 Å². The number of nitrogens with two attached hydrogens (primary N) is 1. The topological polar surface area (TPSA) is 68.0 Å². The number of aryl methyl sites for hydroxylation is 1. The third-order valence-corrected chi connectivity index (χ3v) is 2.77. The monoisotopic (exact) mass is 237 g/mol. The number of aromatic nitrogens is 1. The zero-order valence-corrected chi connectivity index (χ0v) is 10.2. The number of carbonyl (C=O) groups excluding carboxylic acids is 1. The van der Waals surface area contributed by atoms with Gasteiger partial charge in [0.15, 0.2) is 0 Å². The number of nitrogens with one attached hydrogen (secondary N) is 1. The third-order valence-electron chi connectivity index (χ3n) is 2.42. The van der Waals surface area contributed by atoms with Gasteiger partial charge >= 0.3 is 0 Å². The van der Waals surface area contributed by atoms with Gasteiger partial charge in [-0.15, -0.1) is 0 Å². The summed E-state index contributed by atoms with van der Waals surface area (Å²) in [6, 6.07) is 1.90. The number of carbonyl (C=O) groups is 1. The zero-order chi connectivity index (χ0) is 12.1. The Labute approximate surface area is 100 Å². The Balaban J connectivity index is 2.56. The standard InChI is InChI=1S/C11H15N3OS/c1-7-3-4-13-5-9(7)6-14-11(15)8(2)10(12)16/h3-5,8H,6H2,1-2H3,(H2,12,16)(H,14,15). The summed E-state index contributed by atoms with van der Waals surface area (Å²) in [5.41, 5.74) is 7.48. The Hall–Kier alpha value is -1.49. The molecule has 1 aromatic rings. The summed E-state index contributed by atoms with van der Waals surface area (Å²) in [4.78, 5) is 15.8. The summed E-state index contributed by atoms with van der Waals surface area (Å²) in [5, 5.41) is 2.77. The number of nitrogens with zero attached hydrogens (tertiary/aromatic N) is 1. The third kappa shape index (κ3) is 3.27. The molecule has 1 heterocycles. The molecule has 86 valence electrons. The minimum Gasteiger partial charge on any atom is -0.393 e. The van der Waals surface area contributed by atoms with Crippen LogP contribution >= 0.6 is 12.2 Å². The molecule has 1 rings (SSSR count). The van der Waals surface area contributed by atoms with Gasteiger partial charge in [-0.1, -0.05) is 12.2 Å². The number of rotatable bonds is 4. The normalized spacial score (nSPS) is 11.9. The van der Waals surface area contributed by atoms with Gasteiger partial charge in [-0.05, 0) is 31.0 Å². The SMILES string of the molecule is Cc1ccncc1CNC(=O)C(C)C(N)=S. The largest absolute Gasteiger partial charge is 0.393 e. The average Bonchev–Trinajstić information content (AvgIpc) is 2.26. The molecule has 5 heteroatoms. The lowest BCUT2D eigenvalue weighted by atomic mass is 10.1. The molecule has 3 N–H and O–H groups in total. The van der Waals surface area contributed by atoms with Crippen LogP contribution in [0.3, 0.4) is 0 Å². The highest BCUT2D eigenvalue weighted by Gasteiger charge is 2.14. The van der Waals surface area contributed by atoms with Gasteiger partial charge in [0.05, 0.1) is 10.9 Å². The van der Waals surface area contributed by atoms with E-state index in [1.54, 1.807) is 19.3 Å². The van der Waals surface area contributed by atoms with Gasteiger partial charge in [-0.3, -0.25) is 9.78 Å². The van der Waals surface area contributed by atoms with Crippen molar-refractivity contribution in [2.75, 3.05) is 0 Å². The fourth-order valence-electron chi connectivity index (χ4n) is 1.15.